The summed E-state index contributed by atoms with van der Waals surface area (Å²) in [4.78, 5) is 8.74. The number of pyridine rings is 2. The molecule has 0 aliphatic heterocycles. The van der Waals surface area contributed by atoms with Crippen LogP contribution in [0.3, 0.4) is 0 Å². The van der Waals surface area contributed by atoms with Crippen molar-refractivity contribution >= 4 is 5.65 Å². The molecule has 4 aromatic rings. The first-order valence-corrected chi connectivity index (χ1v) is 9.12. The molecule has 0 atom stereocenters. The summed E-state index contributed by atoms with van der Waals surface area (Å²) in [6.45, 7) is 2.47. The van der Waals surface area contributed by atoms with Crippen molar-refractivity contribution in [3.63, 3.8) is 0 Å². The number of hydrogen-bond acceptors (Lipinski definition) is 4. The lowest BCUT2D eigenvalue weighted by Gasteiger charge is -2.19. The lowest BCUT2D eigenvalue weighted by atomic mass is 10.0. The average molecular weight is 392 g/mol. The van der Waals surface area contributed by atoms with Crippen LogP contribution >= 0.6 is 0 Å². The third-order valence-electron chi connectivity index (χ3n) is 4.84. The van der Waals surface area contributed by atoms with E-state index in [4.69, 9.17) is 0 Å². The molecule has 6 nitrogen and oxygen atoms in total. The first kappa shape index (κ1) is 18.7. The van der Waals surface area contributed by atoms with Gasteiger partial charge in [0.25, 0.3) is 5.92 Å². The van der Waals surface area contributed by atoms with Crippen LogP contribution < -0.4 is 0 Å². The minimum Gasteiger partial charge on any atom is -0.307 e. The Morgan fingerprint density at radius 1 is 1.17 bits per heavy atom. The Morgan fingerprint density at radius 3 is 2.76 bits per heavy atom. The number of aromatic nitrogens is 5. The predicted octanol–water partition coefficient (Wildman–Crippen LogP) is 4.42. The van der Waals surface area contributed by atoms with Gasteiger partial charge in [-0.25, -0.2) is 18.7 Å². The third kappa shape index (κ3) is 3.59. The van der Waals surface area contributed by atoms with Gasteiger partial charge in [-0.3, -0.25) is 4.68 Å². The Hall–Kier alpha value is -3.60. The zero-order valence-corrected chi connectivity index (χ0v) is 15.9. The minimum atomic E-state index is -2.86. The third-order valence-corrected chi connectivity index (χ3v) is 4.84. The fourth-order valence-electron chi connectivity index (χ4n) is 3.02. The van der Waals surface area contributed by atoms with Crippen LogP contribution in [0.1, 0.15) is 19.5 Å². The highest BCUT2D eigenvalue weighted by molar-refractivity contribution is 5.81. The van der Waals surface area contributed by atoms with Crippen molar-refractivity contribution in [3.05, 3.63) is 60.9 Å². The zero-order chi connectivity index (χ0) is 20.6. The molecule has 0 aromatic carbocycles. The Labute approximate surface area is 166 Å². The number of imidazole rings is 1. The average Bonchev–Trinajstić information content (AvgIpc) is 3.35. The highest BCUT2D eigenvalue weighted by atomic mass is 19.3. The Balaban J connectivity index is 1.78. The molecule has 146 valence electrons. The first-order chi connectivity index (χ1) is 13.9. The van der Waals surface area contributed by atoms with Gasteiger partial charge in [0.15, 0.2) is 0 Å². The van der Waals surface area contributed by atoms with E-state index in [-0.39, 0.29) is 5.69 Å². The smallest absolute Gasteiger partial charge is 0.269 e. The van der Waals surface area contributed by atoms with Crippen LogP contribution in [0.15, 0.2) is 55.2 Å². The molecule has 4 rings (SSSR count). The van der Waals surface area contributed by atoms with E-state index in [2.05, 4.69) is 15.1 Å². The van der Waals surface area contributed by atoms with Gasteiger partial charge in [-0.05, 0) is 24.3 Å². The second-order valence-electron chi connectivity index (χ2n) is 7.15. The summed E-state index contributed by atoms with van der Waals surface area (Å²) in [5.41, 5.74) is 3.72. The highest BCUT2D eigenvalue weighted by Gasteiger charge is 2.34. The molecular weight excluding hydrogens is 374 g/mol. The molecule has 0 fully saturated rings. The number of nitriles is 1. The van der Waals surface area contributed by atoms with Crippen molar-refractivity contribution in [3.8, 4) is 28.5 Å². The van der Waals surface area contributed by atoms with Crippen LogP contribution in [-0.2, 0) is 6.54 Å². The van der Waals surface area contributed by atoms with Gasteiger partial charge < -0.3 is 4.40 Å². The fraction of sp³-hybridized carbons (Fsp3) is 0.238. The van der Waals surface area contributed by atoms with Crippen molar-refractivity contribution in [1.82, 2.24) is 24.1 Å². The molecule has 4 aromatic heterocycles. The van der Waals surface area contributed by atoms with Crippen molar-refractivity contribution in [2.45, 2.75) is 26.3 Å². The molecule has 0 aliphatic carbocycles. The Kier molecular flexibility index (Phi) is 4.59. The minimum absolute atomic E-state index is 0.269. The van der Waals surface area contributed by atoms with Crippen LogP contribution in [-0.4, -0.2) is 30.1 Å². The molecular formula is C21H18F2N6. The van der Waals surface area contributed by atoms with E-state index >= 15 is 0 Å². The van der Waals surface area contributed by atoms with E-state index in [1.807, 2.05) is 35.0 Å². The van der Waals surface area contributed by atoms with E-state index in [9.17, 15) is 14.0 Å². The molecule has 0 saturated heterocycles. The van der Waals surface area contributed by atoms with Crippen LogP contribution in [0.5, 0.6) is 0 Å². The van der Waals surface area contributed by atoms with Crippen molar-refractivity contribution in [2.75, 3.05) is 0 Å². The van der Waals surface area contributed by atoms with Crippen LogP contribution in [0.2, 0.25) is 0 Å². The summed E-state index contributed by atoms with van der Waals surface area (Å²) < 4.78 is 31.3. The number of alkyl halides is 2. The maximum absolute atomic E-state index is 14.1. The fourth-order valence-corrected chi connectivity index (χ4v) is 3.02. The van der Waals surface area contributed by atoms with E-state index in [0.717, 1.165) is 11.2 Å². The molecule has 0 N–H and O–H groups in total. The largest absolute Gasteiger partial charge is 0.307 e. The Bertz CT molecular complexity index is 1220. The van der Waals surface area contributed by atoms with Gasteiger partial charge in [-0.15, -0.1) is 0 Å². The molecule has 0 saturated carbocycles. The number of nitrogens with zero attached hydrogens (tertiary/aromatic N) is 6. The Morgan fingerprint density at radius 2 is 2.00 bits per heavy atom. The SMILES string of the molecule is CC(C)C(F)(F)Cn1cc(-c2ccc(C#N)nc2-c2ccn3ccnc3c2)cn1. The zero-order valence-electron chi connectivity index (χ0n) is 15.9. The molecule has 0 aliphatic rings. The van der Waals surface area contributed by atoms with Crippen molar-refractivity contribution < 1.29 is 8.78 Å². The van der Waals surface area contributed by atoms with Gasteiger partial charge in [0.2, 0.25) is 0 Å². The number of hydrogen-bond donors (Lipinski definition) is 0. The van der Waals surface area contributed by atoms with Crippen LogP contribution in [0, 0.1) is 17.2 Å². The van der Waals surface area contributed by atoms with Gasteiger partial charge >= 0.3 is 0 Å². The van der Waals surface area contributed by atoms with Crippen molar-refractivity contribution in [1.29, 1.82) is 5.26 Å². The van der Waals surface area contributed by atoms with Crippen LogP contribution in [0.25, 0.3) is 28.0 Å². The van der Waals surface area contributed by atoms with E-state index < -0.39 is 18.4 Å². The molecule has 0 radical (unpaired) electrons. The van der Waals surface area contributed by atoms with Gasteiger partial charge in [0, 0.05) is 47.4 Å². The quantitative estimate of drug-likeness (QED) is 0.504. The monoisotopic (exact) mass is 392 g/mol. The van der Waals surface area contributed by atoms with Gasteiger partial charge in [-0.2, -0.15) is 10.4 Å². The first-order valence-electron chi connectivity index (χ1n) is 9.12. The van der Waals surface area contributed by atoms with E-state index in [1.165, 1.54) is 24.7 Å². The number of rotatable bonds is 5. The van der Waals surface area contributed by atoms with Gasteiger partial charge in [0.1, 0.15) is 24.0 Å². The lowest BCUT2D eigenvalue weighted by Crippen LogP contribution is -2.30. The van der Waals surface area contributed by atoms with E-state index in [1.54, 1.807) is 24.5 Å². The van der Waals surface area contributed by atoms with Gasteiger partial charge in [-0.1, -0.05) is 13.8 Å². The van der Waals surface area contributed by atoms with Gasteiger partial charge in [0.05, 0.1) is 11.9 Å². The standard InChI is InChI=1S/C21H18F2N6/c1-14(2)21(22,23)13-29-12-16(11-26-29)18-4-3-17(10-24)27-20(18)15-5-7-28-8-6-25-19(28)9-15/h3-9,11-12,14H,13H2,1-2H3. The van der Waals surface area contributed by atoms with Crippen molar-refractivity contribution in [2.24, 2.45) is 5.92 Å². The summed E-state index contributed by atoms with van der Waals surface area (Å²) in [5.74, 6) is -3.65. The molecule has 0 unspecified atom stereocenters. The molecule has 0 bridgehead atoms. The lowest BCUT2D eigenvalue weighted by molar-refractivity contribution is -0.0622. The summed E-state index contributed by atoms with van der Waals surface area (Å²) in [5, 5.41) is 13.4. The summed E-state index contributed by atoms with van der Waals surface area (Å²) in [6.07, 6.45) is 8.50. The number of fused-ring (bicyclic) bond motifs is 1. The molecule has 0 spiro atoms. The topological polar surface area (TPSA) is 71.8 Å². The summed E-state index contributed by atoms with van der Waals surface area (Å²) in [7, 11) is 0. The normalized spacial score (nSPS) is 11.9. The van der Waals surface area contributed by atoms with E-state index in [0.29, 0.717) is 16.8 Å². The predicted molar refractivity (Wildman–Crippen MR) is 104 cm³/mol. The summed E-state index contributed by atoms with van der Waals surface area (Å²) in [6, 6.07) is 9.15. The highest BCUT2D eigenvalue weighted by Crippen LogP contribution is 2.32. The van der Waals surface area contributed by atoms with Crippen LogP contribution in [0.4, 0.5) is 8.78 Å². The molecule has 0 amide bonds. The molecule has 4 heterocycles. The maximum Gasteiger partial charge on any atom is 0.269 e. The second kappa shape index (κ2) is 7.09. The molecule has 8 heteroatoms. The molecule has 29 heavy (non-hydrogen) atoms. The number of halogens is 2. The second-order valence-corrected chi connectivity index (χ2v) is 7.15. The maximum atomic E-state index is 14.1. The summed E-state index contributed by atoms with van der Waals surface area (Å²) >= 11 is 0.